The minimum absolute atomic E-state index is 0.157. The molecule has 1 unspecified atom stereocenters. The van der Waals surface area contributed by atoms with E-state index in [2.05, 4.69) is 39.0 Å². The molecule has 104 valence electrons. The maximum atomic E-state index is 11.2. The Morgan fingerprint density at radius 2 is 2.10 bits per heavy atom. The summed E-state index contributed by atoms with van der Waals surface area (Å²) >= 11 is 1.73. The molecular weight excluding hydrogens is 270 g/mol. The summed E-state index contributed by atoms with van der Waals surface area (Å²) in [5.41, 5.74) is 4.11. The van der Waals surface area contributed by atoms with E-state index in [1.165, 1.54) is 11.1 Å². The van der Waals surface area contributed by atoms with E-state index in [0.29, 0.717) is 0 Å². The van der Waals surface area contributed by atoms with Crippen molar-refractivity contribution in [1.29, 1.82) is 0 Å². The second kappa shape index (κ2) is 5.64. The third-order valence-electron chi connectivity index (χ3n) is 3.48. The van der Waals surface area contributed by atoms with E-state index in [1.807, 2.05) is 18.2 Å². The molecule has 0 bridgehead atoms. The fraction of sp³-hybridized carbons (Fsp3) is 0.267. The van der Waals surface area contributed by atoms with Gasteiger partial charge in [-0.1, -0.05) is 6.07 Å². The molecule has 0 radical (unpaired) electrons. The van der Waals surface area contributed by atoms with Crippen LogP contribution in [0.5, 0.6) is 0 Å². The Kier molecular flexibility index (Phi) is 3.71. The van der Waals surface area contributed by atoms with Gasteiger partial charge in [-0.2, -0.15) is 11.3 Å². The summed E-state index contributed by atoms with van der Waals surface area (Å²) in [7, 11) is 0. The summed E-state index contributed by atoms with van der Waals surface area (Å²) in [6.45, 7) is 3.08. The molecule has 0 aliphatic rings. The molecule has 0 amide bonds. The number of aromatic nitrogens is 2. The third-order valence-corrected chi connectivity index (χ3v) is 4.22. The summed E-state index contributed by atoms with van der Waals surface area (Å²) in [6.07, 6.45) is 1.04. The first-order chi connectivity index (χ1) is 9.72. The Morgan fingerprint density at radius 3 is 2.90 bits per heavy atom. The van der Waals surface area contributed by atoms with Gasteiger partial charge in [-0.25, -0.2) is 4.79 Å². The van der Waals surface area contributed by atoms with Crippen LogP contribution in [0.2, 0.25) is 0 Å². The van der Waals surface area contributed by atoms with Crippen molar-refractivity contribution in [2.24, 2.45) is 0 Å². The molecule has 3 aromatic rings. The zero-order valence-electron chi connectivity index (χ0n) is 11.3. The highest BCUT2D eigenvalue weighted by Gasteiger charge is 2.07. The number of aromatic amines is 2. The van der Waals surface area contributed by atoms with Crippen molar-refractivity contribution in [2.75, 3.05) is 6.54 Å². The Labute approximate surface area is 120 Å². The number of thiophene rings is 1. The van der Waals surface area contributed by atoms with Crippen molar-refractivity contribution in [2.45, 2.75) is 19.4 Å². The molecule has 3 rings (SSSR count). The van der Waals surface area contributed by atoms with Crippen LogP contribution in [0.1, 0.15) is 24.1 Å². The molecule has 2 heterocycles. The van der Waals surface area contributed by atoms with Gasteiger partial charge in [0.1, 0.15) is 0 Å². The van der Waals surface area contributed by atoms with Crippen molar-refractivity contribution in [1.82, 2.24) is 15.3 Å². The molecule has 1 atom stereocenters. The smallest absolute Gasteiger partial charge is 0.310 e. The van der Waals surface area contributed by atoms with Gasteiger partial charge in [-0.05, 0) is 60.0 Å². The Balaban J connectivity index is 1.65. The maximum absolute atomic E-state index is 11.2. The van der Waals surface area contributed by atoms with Crippen LogP contribution in [0.25, 0.3) is 11.0 Å². The lowest BCUT2D eigenvalue weighted by Gasteiger charge is -2.14. The molecule has 2 aromatic heterocycles. The normalized spacial score (nSPS) is 12.8. The van der Waals surface area contributed by atoms with Gasteiger partial charge in [0.25, 0.3) is 0 Å². The summed E-state index contributed by atoms with van der Waals surface area (Å²) in [4.78, 5) is 16.8. The standard InChI is InChI=1S/C15H17N3OS/c1-10(16-6-4-11-5-7-20-9-11)12-2-3-13-14(8-12)18-15(19)17-13/h2-3,5,7-10,16H,4,6H2,1H3,(H2,17,18,19). The first-order valence-electron chi connectivity index (χ1n) is 6.69. The van der Waals surface area contributed by atoms with E-state index in [9.17, 15) is 4.79 Å². The molecule has 0 aliphatic carbocycles. The van der Waals surface area contributed by atoms with Gasteiger partial charge >= 0.3 is 5.69 Å². The van der Waals surface area contributed by atoms with Crippen LogP contribution >= 0.6 is 11.3 Å². The predicted molar refractivity (Wildman–Crippen MR) is 83.4 cm³/mol. The number of imidazole rings is 1. The van der Waals surface area contributed by atoms with Crippen LogP contribution in [0.3, 0.4) is 0 Å². The zero-order valence-corrected chi connectivity index (χ0v) is 12.1. The van der Waals surface area contributed by atoms with Crippen LogP contribution in [0.15, 0.2) is 39.8 Å². The number of hydrogen-bond acceptors (Lipinski definition) is 3. The topological polar surface area (TPSA) is 60.7 Å². The quantitative estimate of drug-likeness (QED) is 0.676. The molecule has 5 heteroatoms. The fourth-order valence-electron chi connectivity index (χ4n) is 2.31. The number of hydrogen-bond donors (Lipinski definition) is 3. The van der Waals surface area contributed by atoms with Gasteiger partial charge in [0.2, 0.25) is 0 Å². The number of rotatable bonds is 5. The maximum Gasteiger partial charge on any atom is 0.323 e. The van der Waals surface area contributed by atoms with Crippen LogP contribution in [0.4, 0.5) is 0 Å². The molecule has 0 aliphatic heterocycles. The Hall–Kier alpha value is -1.85. The molecule has 0 spiro atoms. The number of benzene rings is 1. The van der Waals surface area contributed by atoms with Crippen LogP contribution in [-0.2, 0) is 6.42 Å². The van der Waals surface area contributed by atoms with Gasteiger partial charge in [-0.3, -0.25) is 0 Å². The van der Waals surface area contributed by atoms with Crippen molar-refractivity contribution < 1.29 is 0 Å². The third kappa shape index (κ3) is 2.84. The minimum atomic E-state index is -0.157. The lowest BCUT2D eigenvalue weighted by molar-refractivity contribution is 0.577. The summed E-state index contributed by atoms with van der Waals surface area (Å²) in [5.74, 6) is 0. The van der Waals surface area contributed by atoms with E-state index in [4.69, 9.17) is 0 Å². The fourth-order valence-corrected chi connectivity index (χ4v) is 3.01. The predicted octanol–water partition coefficient (Wildman–Crippen LogP) is 2.81. The molecular formula is C15H17N3OS. The highest BCUT2D eigenvalue weighted by molar-refractivity contribution is 7.07. The summed E-state index contributed by atoms with van der Waals surface area (Å²) < 4.78 is 0. The van der Waals surface area contributed by atoms with Crippen molar-refractivity contribution in [3.8, 4) is 0 Å². The number of nitrogens with one attached hydrogen (secondary N) is 3. The number of fused-ring (bicyclic) bond motifs is 1. The van der Waals surface area contributed by atoms with E-state index in [1.54, 1.807) is 11.3 Å². The summed E-state index contributed by atoms with van der Waals surface area (Å²) in [6, 6.07) is 8.44. The monoisotopic (exact) mass is 287 g/mol. The molecule has 0 saturated carbocycles. The molecule has 20 heavy (non-hydrogen) atoms. The van der Waals surface area contributed by atoms with Gasteiger partial charge < -0.3 is 15.3 Å². The van der Waals surface area contributed by atoms with Crippen LogP contribution < -0.4 is 11.0 Å². The molecule has 1 aromatic carbocycles. The molecule has 0 saturated heterocycles. The minimum Gasteiger partial charge on any atom is -0.310 e. The number of H-pyrrole nitrogens is 2. The first-order valence-corrected chi connectivity index (χ1v) is 7.63. The van der Waals surface area contributed by atoms with E-state index >= 15 is 0 Å². The first kappa shape index (κ1) is 13.1. The average Bonchev–Trinajstić information content (AvgIpc) is 3.05. The average molecular weight is 287 g/mol. The highest BCUT2D eigenvalue weighted by Crippen LogP contribution is 2.17. The summed E-state index contributed by atoms with van der Waals surface area (Å²) in [5, 5.41) is 7.80. The largest absolute Gasteiger partial charge is 0.323 e. The SMILES string of the molecule is CC(NCCc1ccsc1)c1ccc2[nH]c(=O)[nH]c2c1. The zero-order chi connectivity index (χ0) is 13.9. The lowest BCUT2D eigenvalue weighted by atomic mass is 10.1. The molecule has 4 nitrogen and oxygen atoms in total. The van der Waals surface area contributed by atoms with Gasteiger partial charge in [0.05, 0.1) is 11.0 Å². The highest BCUT2D eigenvalue weighted by atomic mass is 32.1. The van der Waals surface area contributed by atoms with Crippen molar-refractivity contribution in [3.63, 3.8) is 0 Å². The van der Waals surface area contributed by atoms with Gasteiger partial charge in [0.15, 0.2) is 0 Å². The van der Waals surface area contributed by atoms with Crippen molar-refractivity contribution >= 4 is 22.4 Å². The van der Waals surface area contributed by atoms with Crippen LogP contribution in [0, 0.1) is 0 Å². The van der Waals surface area contributed by atoms with E-state index in [0.717, 1.165) is 24.0 Å². The van der Waals surface area contributed by atoms with E-state index < -0.39 is 0 Å². The van der Waals surface area contributed by atoms with E-state index in [-0.39, 0.29) is 11.7 Å². The Morgan fingerprint density at radius 1 is 1.25 bits per heavy atom. The van der Waals surface area contributed by atoms with Crippen LogP contribution in [-0.4, -0.2) is 16.5 Å². The van der Waals surface area contributed by atoms with Crippen molar-refractivity contribution in [3.05, 3.63) is 56.6 Å². The second-order valence-corrected chi connectivity index (χ2v) is 5.72. The molecule has 0 fully saturated rings. The van der Waals surface area contributed by atoms with Gasteiger partial charge in [0, 0.05) is 6.04 Å². The lowest BCUT2D eigenvalue weighted by Crippen LogP contribution is -2.21. The Bertz CT molecular complexity index is 742. The molecule has 3 N–H and O–H groups in total. The van der Waals surface area contributed by atoms with Gasteiger partial charge in [-0.15, -0.1) is 0 Å². The second-order valence-electron chi connectivity index (χ2n) is 4.94.